The average Bonchev–Trinajstić information content (AvgIpc) is 3.65. The highest BCUT2D eigenvalue weighted by atomic mass is 35.5. The maximum Gasteiger partial charge on any atom is 0.270 e. The van der Waals surface area contributed by atoms with Crippen LogP contribution in [0.15, 0.2) is 81.9 Å². The first kappa shape index (κ1) is 24.3. The van der Waals surface area contributed by atoms with Crippen LogP contribution in [0.4, 0.5) is 0 Å². The van der Waals surface area contributed by atoms with Crippen LogP contribution in [0.2, 0.25) is 5.02 Å². The van der Waals surface area contributed by atoms with E-state index >= 15 is 0 Å². The highest BCUT2D eigenvalue weighted by Crippen LogP contribution is 2.32. The largest absolute Gasteiger partial charge is 0.461 e. The zero-order valence-corrected chi connectivity index (χ0v) is 21.7. The molecule has 0 bridgehead atoms. The number of carbonyl (C=O) groups excluding carboxylic acids is 1. The highest BCUT2D eigenvalue weighted by Gasteiger charge is 2.20. The molecule has 0 spiro atoms. The molecule has 10 heteroatoms. The lowest BCUT2D eigenvalue weighted by molar-refractivity contribution is 0.0949. The molecule has 2 aromatic carbocycles. The Labute approximate surface area is 221 Å². The molecular formula is C26H22ClN5O2S2. The topological polar surface area (TPSA) is 85.8 Å². The molecule has 0 unspecified atom stereocenters. The number of amides is 1. The second-order valence-corrected chi connectivity index (χ2v) is 10.3. The molecule has 1 N–H and O–H groups in total. The first-order chi connectivity index (χ1) is 17.6. The molecule has 36 heavy (non-hydrogen) atoms. The van der Waals surface area contributed by atoms with Crippen molar-refractivity contribution in [3.8, 4) is 17.3 Å². The summed E-state index contributed by atoms with van der Waals surface area (Å²) in [5, 5.41) is 15.7. The standard InChI is InChI=1S/C26H22ClN5O2S2/c1-17-9-10-19(27)14-21(17)32-24(22-8-5-13-34-22)30-31-26(32)36-16-23-29-20(15-35-23)25(33)28-12-11-18-6-3-2-4-7-18/h2-10,13-15H,11-12,16H2,1H3,(H,28,33). The number of nitrogens with one attached hydrogen (secondary N) is 1. The zero-order chi connectivity index (χ0) is 24.9. The maximum absolute atomic E-state index is 12.5. The monoisotopic (exact) mass is 535 g/mol. The summed E-state index contributed by atoms with van der Waals surface area (Å²) in [5.74, 6) is 1.57. The Bertz CT molecular complexity index is 1470. The molecule has 0 radical (unpaired) electrons. The van der Waals surface area contributed by atoms with Crippen molar-refractivity contribution in [3.05, 3.63) is 99.2 Å². The van der Waals surface area contributed by atoms with Gasteiger partial charge in [-0.2, -0.15) is 0 Å². The molecule has 0 atom stereocenters. The van der Waals surface area contributed by atoms with E-state index in [9.17, 15) is 4.79 Å². The van der Waals surface area contributed by atoms with Crippen molar-refractivity contribution in [3.63, 3.8) is 0 Å². The third-order valence-electron chi connectivity index (χ3n) is 5.44. The van der Waals surface area contributed by atoms with Crippen LogP contribution in [0.5, 0.6) is 0 Å². The third-order valence-corrected chi connectivity index (χ3v) is 7.65. The van der Waals surface area contributed by atoms with E-state index in [1.165, 1.54) is 28.7 Å². The molecule has 5 aromatic rings. The van der Waals surface area contributed by atoms with Crippen molar-refractivity contribution in [2.24, 2.45) is 0 Å². The van der Waals surface area contributed by atoms with Gasteiger partial charge < -0.3 is 9.73 Å². The van der Waals surface area contributed by atoms with E-state index in [1.807, 2.05) is 72.2 Å². The van der Waals surface area contributed by atoms with E-state index < -0.39 is 0 Å². The Morgan fingerprint density at radius 3 is 2.81 bits per heavy atom. The lowest BCUT2D eigenvalue weighted by Gasteiger charge is -2.12. The summed E-state index contributed by atoms with van der Waals surface area (Å²) in [6, 6.07) is 19.4. The molecule has 3 aromatic heterocycles. The minimum absolute atomic E-state index is 0.170. The summed E-state index contributed by atoms with van der Waals surface area (Å²) >= 11 is 9.25. The molecule has 0 aliphatic heterocycles. The van der Waals surface area contributed by atoms with Crippen LogP contribution in [-0.2, 0) is 12.2 Å². The summed E-state index contributed by atoms with van der Waals surface area (Å²) in [6.07, 6.45) is 2.38. The van der Waals surface area contributed by atoms with Gasteiger partial charge in [0.1, 0.15) is 10.7 Å². The van der Waals surface area contributed by atoms with Crippen LogP contribution < -0.4 is 5.32 Å². The first-order valence-corrected chi connectivity index (χ1v) is 13.5. The van der Waals surface area contributed by atoms with E-state index in [2.05, 4.69) is 20.5 Å². The van der Waals surface area contributed by atoms with Gasteiger partial charge in [-0.1, -0.05) is 59.8 Å². The number of benzene rings is 2. The van der Waals surface area contributed by atoms with Gasteiger partial charge in [-0.05, 0) is 48.7 Å². The van der Waals surface area contributed by atoms with E-state index in [-0.39, 0.29) is 5.91 Å². The summed E-state index contributed by atoms with van der Waals surface area (Å²) in [6.45, 7) is 2.57. The lowest BCUT2D eigenvalue weighted by Crippen LogP contribution is -2.26. The molecule has 0 aliphatic rings. The number of halogens is 1. The van der Waals surface area contributed by atoms with Crippen molar-refractivity contribution >= 4 is 40.6 Å². The zero-order valence-electron chi connectivity index (χ0n) is 19.3. The number of carbonyl (C=O) groups is 1. The number of aromatic nitrogens is 4. The second-order valence-electron chi connectivity index (χ2n) is 7.96. The predicted molar refractivity (Wildman–Crippen MR) is 143 cm³/mol. The van der Waals surface area contributed by atoms with Crippen LogP contribution in [0.25, 0.3) is 17.3 Å². The van der Waals surface area contributed by atoms with Crippen LogP contribution in [-0.4, -0.2) is 32.2 Å². The highest BCUT2D eigenvalue weighted by molar-refractivity contribution is 7.98. The normalized spacial score (nSPS) is 11.1. The molecule has 0 saturated heterocycles. The number of aryl methyl sites for hydroxylation is 1. The molecule has 0 aliphatic carbocycles. The Morgan fingerprint density at radius 1 is 1.14 bits per heavy atom. The fourth-order valence-electron chi connectivity index (χ4n) is 3.63. The Hall–Kier alpha value is -3.40. The van der Waals surface area contributed by atoms with Gasteiger partial charge in [0.15, 0.2) is 10.9 Å². The smallest absolute Gasteiger partial charge is 0.270 e. The second kappa shape index (κ2) is 11.1. The van der Waals surface area contributed by atoms with Crippen LogP contribution in [0, 0.1) is 6.92 Å². The summed E-state index contributed by atoms with van der Waals surface area (Å²) < 4.78 is 7.54. The van der Waals surface area contributed by atoms with Crippen molar-refractivity contribution in [2.75, 3.05) is 6.54 Å². The Morgan fingerprint density at radius 2 is 2.00 bits per heavy atom. The fourth-order valence-corrected chi connectivity index (χ4v) is 5.54. The molecule has 0 saturated carbocycles. The van der Waals surface area contributed by atoms with E-state index in [0.29, 0.717) is 39.8 Å². The summed E-state index contributed by atoms with van der Waals surface area (Å²) in [7, 11) is 0. The molecule has 7 nitrogen and oxygen atoms in total. The van der Waals surface area contributed by atoms with Gasteiger partial charge >= 0.3 is 0 Å². The number of furan rings is 1. The van der Waals surface area contributed by atoms with E-state index in [1.54, 1.807) is 11.6 Å². The number of thioether (sulfide) groups is 1. The Balaban J connectivity index is 1.29. The quantitative estimate of drug-likeness (QED) is 0.226. The van der Waals surface area contributed by atoms with Crippen LogP contribution in [0.1, 0.15) is 26.6 Å². The van der Waals surface area contributed by atoms with Gasteiger partial charge in [-0.3, -0.25) is 9.36 Å². The number of nitrogens with zero attached hydrogens (tertiary/aromatic N) is 4. The van der Waals surface area contributed by atoms with Crippen molar-refractivity contribution in [1.82, 2.24) is 25.1 Å². The lowest BCUT2D eigenvalue weighted by atomic mass is 10.1. The van der Waals surface area contributed by atoms with E-state index in [4.69, 9.17) is 16.0 Å². The third kappa shape index (κ3) is 5.53. The van der Waals surface area contributed by atoms with Crippen LogP contribution >= 0.6 is 34.7 Å². The average molecular weight is 536 g/mol. The van der Waals surface area contributed by atoms with Crippen molar-refractivity contribution < 1.29 is 9.21 Å². The van der Waals surface area contributed by atoms with Gasteiger partial charge in [-0.15, -0.1) is 21.5 Å². The van der Waals surface area contributed by atoms with E-state index in [0.717, 1.165) is 22.7 Å². The van der Waals surface area contributed by atoms with Gasteiger partial charge in [0.05, 0.1) is 17.7 Å². The SMILES string of the molecule is Cc1ccc(Cl)cc1-n1c(SCc2nc(C(=O)NCCc3ccccc3)cs2)nnc1-c1ccco1. The van der Waals surface area contributed by atoms with Gasteiger partial charge in [0, 0.05) is 16.9 Å². The van der Waals surface area contributed by atoms with Gasteiger partial charge in [-0.25, -0.2) is 4.98 Å². The molecule has 0 fully saturated rings. The molecule has 1 amide bonds. The van der Waals surface area contributed by atoms with Gasteiger partial charge in [0.2, 0.25) is 5.82 Å². The van der Waals surface area contributed by atoms with Crippen molar-refractivity contribution in [1.29, 1.82) is 0 Å². The number of hydrogen-bond donors (Lipinski definition) is 1. The molecule has 182 valence electrons. The van der Waals surface area contributed by atoms with Gasteiger partial charge in [0.25, 0.3) is 5.91 Å². The number of thiazole rings is 1. The van der Waals surface area contributed by atoms with Crippen LogP contribution in [0.3, 0.4) is 0 Å². The maximum atomic E-state index is 12.5. The fraction of sp³-hybridized carbons (Fsp3) is 0.154. The molecular weight excluding hydrogens is 514 g/mol. The molecule has 5 rings (SSSR count). The minimum atomic E-state index is -0.170. The minimum Gasteiger partial charge on any atom is -0.461 e. The number of rotatable bonds is 9. The molecule has 3 heterocycles. The predicted octanol–water partition coefficient (Wildman–Crippen LogP) is 6.21. The first-order valence-electron chi connectivity index (χ1n) is 11.2. The summed E-state index contributed by atoms with van der Waals surface area (Å²) in [5.41, 5.74) is 3.50. The number of hydrogen-bond acceptors (Lipinski definition) is 7. The Kier molecular flexibility index (Phi) is 7.50. The van der Waals surface area contributed by atoms with Crippen molar-refractivity contribution in [2.45, 2.75) is 24.3 Å². The summed E-state index contributed by atoms with van der Waals surface area (Å²) in [4.78, 5) is 17.1.